The number of hydrogen-bond acceptors (Lipinski definition) is 4. The van der Waals surface area contributed by atoms with Gasteiger partial charge in [0, 0.05) is 26.6 Å². The lowest BCUT2D eigenvalue weighted by molar-refractivity contribution is -0.146. The third-order valence-corrected chi connectivity index (χ3v) is 2.08. The number of carboxylic acids is 1. The largest absolute Gasteiger partial charge is 0.479 e. The van der Waals surface area contributed by atoms with E-state index in [4.69, 9.17) is 10.2 Å². The molecular weight excluding hydrogens is 242 g/mol. The molecule has 3 amide bonds. The van der Waals surface area contributed by atoms with Crippen molar-refractivity contribution in [1.29, 1.82) is 0 Å². The van der Waals surface area contributed by atoms with E-state index >= 15 is 0 Å². The number of hydrogen-bond donors (Lipinski definition) is 4. The van der Waals surface area contributed by atoms with Gasteiger partial charge in [0.1, 0.15) is 6.54 Å². The molecule has 8 nitrogen and oxygen atoms in total. The minimum Gasteiger partial charge on any atom is -0.479 e. The van der Waals surface area contributed by atoms with Gasteiger partial charge in [0.15, 0.2) is 6.10 Å². The molecule has 0 aliphatic carbocycles. The molecule has 1 unspecified atom stereocenters. The second kappa shape index (κ2) is 8.29. The average molecular weight is 261 g/mol. The van der Waals surface area contributed by atoms with E-state index in [9.17, 15) is 14.4 Å². The van der Waals surface area contributed by atoms with Crippen LogP contribution in [0.1, 0.15) is 13.3 Å². The molecule has 4 N–H and O–H groups in total. The van der Waals surface area contributed by atoms with Crippen LogP contribution in [0.5, 0.6) is 0 Å². The summed E-state index contributed by atoms with van der Waals surface area (Å²) in [4.78, 5) is 34.1. The zero-order valence-corrected chi connectivity index (χ0v) is 10.5. The number of rotatable bonds is 7. The van der Waals surface area contributed by atoms with Crippen LogP contribution in [0.15, 0.2) is 0 Å². The first-order chi connectivity index (χ1) is 8.38. The van der Waals surface area contributed by atoms with Crippen LogP contribution in [0, 0.1) is 0 Å². The molecule has 18 heavy (non-hydrogen) atoms. The Labute approximate surface area is 105 Å². The van der Waals surface area contributed by atoms with Crippen LogP contribution in [0.3, 0.4) is 0 Å². The minimum absolute atomic E-state index is 0.0199. The number of likely N-dealkylation sites (N-methyl/N-ethyl adjacent to an activating group) is 2. The first-order valence-electron chi connectivity index (χ1n) is 5.55. The van der Waals surface area contributed by atoms with E-state index in [1.54, 1.807) is 6.92 Å². The molecule has 0 bridgehead atoms. The molecule has 0 aliphatic heterocycles. The zero-order valence-electron chi connectivity index (χ0n) is 10.5. The Hall–Kier alpha value is -1.83. The highest BCUT2D eigenvalue weighted by Gasteiger charge is 2.15. The lowest BCUT2D eigenvalue weighted by Gasteiger charge is -2.17. The molecule has 0 fully saturated rings. The van der Waals surface area contributed by atoms with Crippen LogP contribution in [0.2, 0.25) is 0 Å². The third-order valence-electron chi connectivity index (χ3n) is 2.08. The predicted octanol–water partition coefficient (Wildman–Crippen LogP) is -1.40. The number of urea groups is 1. The molecule has 0 rings (SSSR count). The maximum atomic E-state index is 11.4. The van der Waals surface area contributed by atoms with Crippen molar-refractivity contribution in [3.63, 3.8) is 0 Å². The first-order valence-corrected chi connectivity index (χ1v) is 5.55. The molecule has 0 radical (unpaired) electrons. The topological polar surface area (TPSA) is 119 Å². The number of aliphatic hydroxyl groups excluding tert-OH is 1. The fourth-order valence-corrected chi connectivity index (χ4v) is 1.11. The van der Waals surface area contributed by atoms with E-state index in [0.29, 0.717) is 6.54 Å². The van der Waals surface area contributed by atoms with E-state index in [2.05, 4.69) is 10.6 Å². The van der Waals surface area contributed by atoms with Crippen molar-refractivity contribution in [2.75, 3.05) is 26.7 Å². The van der Waals surface area contributed by atoms with Crippen LogP contribution in [0.4, 0.5) is 4.79 Å². The van der Waals surface area contributed by atoms with Gasteiger partial charge in [-0.25, -0.2) is 9.59 Å². The Morgan fingerprint density at radius 3 is 2.39 bits per heavy atom. The highest BCUT2D eigenvalue weighted by molar-refractivity contribution is 5.83. The summed E-state index contributed by atoms with van der Waals surface area (Å²) in [6.45, 7) is 2.19. The Bertz CT molecular complexity index is 308. The van der Waals surface area contributed by atoms with Gasteiger partial charge in [-0.05, 0) is 6.92 Å². The summed E-state index contributed by atoms with van der Waals surface area (Å²) in [7, 11) is 1.44. The number of carbonyl (C=O) groups is 3. The Balaban J connectivity index is 3.88. The molecule has 0 saturated carbocycles. The van der Waals surface area contributed by atoms with Gasteiger partial charge in [0.25, 0.3) is 0 Å². The number of aliphatic hydroxyl groups is 1. The molecule has 1 atom stereocenters. The fraction of sp³-hybridized carbons (Fsp3) is 0.700. The Morgan fingerprint density at radius 1 is 1.28 bits per heavy atom. The molecular formula is C10H19N3O5. The van der Waals surface area contributed by atoms with Gasteiger partial charge < -0.3 is 25.7 Å². The predicted molar refractivity (Wildman–Crippen MR) is 63.0 cm³/mol. The van der Waals surface area contributed by atoms with Crippen molar-refractivity contribution < 1.29 is 24.6 Å². The first kappa shape index (κ1) is 16.2. The van der Waals surface area contributed by atoms with Crippen molar-refractivity contribution in [2.45, 2.75) is 19.4 Å². The van der Waals surface area contributed by atoms with Gasteiger partial charge in [-0.15, -0.1) is 0 Å². The van der Waals surface area contributed by atoms with Crippen LogP contribution >= 0.6 is 0 Å². The number of carbonyl (C=O) groups excluding carboxylic acids is 2. The Morgan fingerprint density at radius 2 is 1.89 bits per heavy atom. The molecule has 0 aromatic carbocycles. The summed E-state index contributed by atoms with van der Waals surface area (Å²) in [5.74, 6) is -1.61. The van der Waals surface area contributed by atoms with Gasteiger partial charge in [0.2, 0.25) is 5.91 Å². The van der Waals surface area contributed by atoms with Gasteiger partial charge in [-0.1, -0.05) is 0 Å². The van der Waals surface area contributed by atoms with Crippen molar-refractivity contribution in [3.8, 4) is 0 Å². The van der Waals surface area contributed by atoms with Crippen LogP contribution in [0.25, 0.3) is 0 Å². The number of nitrogens with zero attached hydrogens (tertiary/aromatic N) is 1. The number of amides is 3. The fourth-order valence-electron chi connectivity index (χ4n) is 1.11. The maximum absolute atomic E-state index is 11.4. The van der Waals surface area contributed by atoms with Gasteiger partial charge in [-0.2, -0.15) is 0 Å². The summed E-state index contributed by atoms with van der Waals surface area (Å²) in [6, 6.07) is -0.501. The molecule has 0 heterocycles. The number of aliphatic carboxylic acids is 1. The molecule has 8 heteroatoms. The third kappa shape index (κ3) is 6.69. The maximum Gasteiger partial charge on any atom is 0.332 e. The van der Waals surface area contributed by atoms with E-state index in [0.717, 1.165) is 4.90 Å². The lowest BCUT2D eigenvalue weighted by atomic mass is 10.2. The standard InChI is InChI=1S/C10H19N3O5/c1-3-11-8(15)6-13(2)10(18)12-5-4-7(14)9(16)17/h7,14H,3-6H2,1-2H3,(H,11,15)(H,12,18)(H,16,17). The minimum atomic E-state index is -1.50. The van der Waals surface area contributed by atoms with E-state index in [-0.39, 0.29) is 25.4 Å². The summed E-state index contributed by atoms with van der Waals surface area (Å²) in [5, 5.41) is 22.3. The highest BCUT2D eigenvalue weighted by Crippen LogP contribution is 1.91. The summed E-state index contributed by atoms with van der Waals surface area (Å²) in [5.41, 5.74) is 0. The summed E-state index contributed by atoms with van der Waals surface area (Å²) in [6.07, 6.45) is -1.59. The SMILES string of the molecule is CCNC(=O)CN(C)C(=O)NCCC(O)C(=O)O. The molecule has 0 aromatic heterocycles. The van der Waals surface area contributed by atoms with Crippen molar-refractivity contribution in [2.24, 2.45) is 0 Å². The highest BCUT2D eigenvalue weighted by atomic mass is 16.4. The molecule has 104 valence electrons. The quantitative estimate of drug-likeness (QED) is 0.449. The zero-order chi connectivity index (χ0) is 14.1. The van der Waals surface area contributed by atoms with Crippen molar-refractivity contribution >= 4 is 17.9 Å². The van der Waals surface area contributed by atoms with Crippen LogP contribution in [-0.2, 0) is 9.59 Å². The van der Waals surface area contributed by atoms with E-state index < -0.39 is 18.1 Å². The van der Waals surface area contributed by atoms with E-state index in [1.807, 2.05) is 0 Å². The van der Waals surface area contributed by atoms with Crippen LogP contribution < -0.4 is 10.6 Å². The lowest BCUT2D eigenvalue weighted by Crippen LogP contribution is -2.44. The smallest absolute Gasteiger partial charge is 0.332 e. The average Bonchev–Trinajstić information content (AvgIpc) is 2.28. The summed E-state index contributed by atoms with van der Waals surface area (Å²) < 4.78 is 0. The second-order valence-electron chi connectivity index (χ2n) is 3.68. The molecule has 0 aromatic rings. The van der Waals surface area contributed by atoms with Crippen molar-refractivity contribution in [1.82, 2.24) is 15.5 Å². The van der Waals surface area contributed by atoms with E-state index in [1.165, 1.54) is 7.05 Å². The number of carboxylic acid groups (broad SMARTS) is 1. The van der Waals surface area contributed by atoms with Crippen molar-refractivity contribution in [3.05, 3.63) is 0 Å². The second-order valence-corrected chi connectivity index (χ2v) is 3.68. The monoisotopic (exact) mass is 261 g/mol. The molecule has 0 saturated heterocycles. The normalized spacial score (nSPS) is 11.5. The van der Waals surface area contributed by atoms with Crippen LogP contribution in [-0.4, -0.2) is 65.8 Å². The molecule has 0 spiro atoms. The Kier molecular flexibility index (Phi) is 7.45. The van der Waals surface area contributed by atoms with Gasteiger partial charge in [0.05, 0.1) is 0 Å². The molecule has 0 aliphatic rings. The van der Waals surface area contributed by atoms with Gasteiger partial charge >= 0.3 is 12.0 Å². The number of nitrogens with one attached hydrogen (secondary N) is 2. The summed E-state index contributed by atoms with van der Waals surface area (Å²) >= 11 is 0. The van der Waals surface area contributed by atoms with Gasteiger partial charge in [-0.3, -0.25) is 4.79 Å².